The highest BCUT2D eigenvalue weighted by molar-refractivity contribution is 5.85. The third kappa shape index (κ3) is 5.96. The van der Waals surface area contributed by atoms with Crippen LogP contribution < -0.4 is 5.73 Å². The van der Waals surface area contributed by atoms with Crippen molar-refractivity contribution in [1.29, 1.82) is 5.41 Å². The number of benzene rings is 1. The molecule has 0 spiro atoms. The number of nitrogens with one attached hydrogen (secondary N) is 1. The number of aromatic nitrogens is 2. The summed E-state index contributed by atoms with van der Waals surface area (Å²) in [4.78, 5) is 6.41. The van der Waals surface area contributed by atoms with E-state index in [-0.39, 0.29) is 24.3 Å². The standard InChI is InChI=1S/C21H31N5O.ClH/c1-2-3-4-5-6-7-8-16-9-11-17(12-10-16)19-24-20(27-25-19)18-13-14-26(15-18)21(22)23;/h9-12,18H,2-8,13-15H2,1H3,(H3,22,23);1H. The van der Waals surface area contributed by atoms with Crippen LogP contribution in [0.4, 0.5) is 0 Å². The van der Waals surface area contributed by atoms with Crippen molar-refractivity contribution in [2.75, 3.05) is 13.1 Å². The van der Waals surface area contributed by atoms with Gasteiger partial charge in [0.2, 0.25) is 11.7 Å². The molecule has 3 rings (SSSR count). The van der Waals surface area contributed by atoms with Gasteiger partial charge in [-0.3, -0.25) is 5.41 Å². The number of likely N-dealkylation sites (tertiary alicyclic amines) is 1. The third-order valence-electron chi connectivity index (χ3n) is 5.35. The molecule has 1 fully saturated rings. The Kier molecular flexibility index (Phi) is 8.77. The first-order valence-electron chi connectivity index (χ1n) is 10.2. The number of halogens is 1. The quantitative estimate of drug-likeness (QED) is 0.357. The highest BCUT2D eigenvalue weighted by Crippen LogP contribution is 2.27. The molecule has 1 aromatic carbocycles. The Balaban J connectivity index is 0.00000280. The van der Waals surface area contributed by atoms with E-state index in [1.807, 2.05) is 4.90 Å². The topological polar surface area (TPSA) is 92.0 Å². The van der Waals surface area contributed by atoms with Crippen LogP contribution in [0.25, 0.3) is 11.4 Å². The maximum Gasteiger partial charge on any atom is 0.231 e. The fourth-order valence-electron chi connectivity index (χ4n) is 3.63. The first-order valence-corrected chi connectivity index (χ1v) is 10.2. The van der Waals surface area contributed by atoms with Crippen LogP contribution in [0.1, 0.15) is 69.2 Å². The molecule has 0 radical (unpaired) electrons. The van der Waals surface area contributed by atoms with Gasteiger partial charge in [-0.05, 0) is 24.8 Å². The number of guanidine groups is 1. The van der Waals surface area contributed by atoms with E-state index < -0.39 is 0 Å². The van der Waals surface area contributed by atoms with E-state index in [4.69, 9.17) is 15.7 Å². The smallest absolute Gasteiger partial charge is 0.231 e. The molecule has 2 aromatic rings. The molecular weight excluding hydrogens is 374 g/mol. The molecule has 6 nitrogen and oxygen atoms in total. The second-order valence-electron chi connectivity index (χ2n) is 7.49. The minimum atomic E-state index is 0. The Bertz CT molecular complexity index is 731. The summed E-state index contributed by atoms with van der Waals surface area (Å²) in [5, 5.41) is 11.7. The van der Waals surface area contributed by atoms with Crippen molar-refractivity contribution < 1.29 is 4.52 Å². The minimum absolute atomic E-state index is 0. The van der Waals surface area contributed by atoms with E-state index in [0.717, 1.165) is 24.9 Å². The molecule has 0 saturated carbocycles. The van der Waals surface area contributed by atoms with Crippen LogP contribution in [-0.4, -0.2) is 34.1 Å². The van der Waals surface area contributed by atoms with Gasteiger partial charge in [0.05, 0.1) is 5.92 Å². The summed E-state index contributed by atoms with van der Waals surface area (Å²) in [6.07, 6.45) is 9.95. The molecule has 1 aliphatic rings. The molecule has 0 bridgehead atoms. The summed E-state index contributed by atoms with van der Waals surface area (Å²) in [5.41, 5.74) is 7.91. The third-order valence-corrected chi connectivity index (χ3v) is 5.35. The van der Waals surface area contributed by atoms with Gasteiger partial charge in [-0.2, -0.15) is 4.98 Å². The maximum atomic E-state index is 7.53. The van der Waals surface area contributed by atoms with Gasteiger partial charge in [0, 0.05) is 18.7 Å². The fourth-order valence-corrected chi connectivity index (χ4v) is 3.63. The molecule has 0 amide bonds. The molecule has 7 heteroatoms. The summed E-state index contributed by atoms with van der Waals surface area (Å²) in [7, 11) is 0. The van der Waals surface area contributed by atoms with Gasteiger partial charge in [0.15, 0.2) is 5.96 Å². The van der Waals surface area contributed by atoms with Gasteiger partial charge in [-0.1, -0.05) is 68.4 Å². The highest BCUT2D eigenvalue weighted by atomic mass is 35.5. The number of nitrogens with two attached hydrogens (primary N) is 1. The lowest BCUT2D eigenvalue weighted by Crippen LogP contribution is -2.34. The number of hydrogen-bond acceptors (Lipinski definition) is 4. The summed E-state index contributed by atoms with van der Waals surface area (Å²) in [6, 6.07) is 8.50. The van der Waals surface area contributed by atoms with Crippen molar-refractivity contribution in [2.24, 2.45) is 5.73 Å². The van der Waals surface area contributed by atoms with Crippen LogP contribution in [0.3, 0.4) is 0 Å². The normalized spacial score (nSPS) is 16.2. The van der Waals surface area contributed by atoms with E-state index in [1.165, 1.54) is 44.1 Å². The highest BCUT2D eigenvalue weighted by Gasteiger charge is 2.29. The predicted octanol–water partition coefficient (Wildman–Crippen LogP) is 4.74. The molecule has 1 unspecified atom stereocenters. The van der Waals surface area contributed by atoms with E-state index in [9.17, 15) is 0 Å². The van der Waals surface area contributed by atoms with Crippen LogP contribution in [0, 0.1) is 5.41 Å². The second kappa shape index (κ2) is 11.1. The molecule has 1 saturated heterocycles. The molecule has 2 heterocycles. The molecule has 0 aliphatic carbocycles. The van der Waals surface area contributed by atoms with Gasteiger partial charge in [0.1, 0.15) is 0 Å². The average Bonchev–Trinajstić information content (AvgIpc) is 3.34. The van der Waals surface area contributed by atoms with Gasteiger partial charge in [0.25, 0.3) is 0 Å². The predicted molar refractivity (Wildman–Crippen MR) is 115 cm³/mol. The molecule has 1 aliphatic heterocycles. The van der Waals surface area contributed by atoms with Gasteiger partial charge < -0.3 is 15.2 Å². The van der Waals surface area contributed by atoms with Crippen molar-refractivity contribution in [2.45, 2.75) is 64.2 Å². The molecule has 1 atom stereocenters. The molecule has 1 aromatic heterocycles. The largest absolute Gasteiger partial charge is 0.370 e. The Morgan fingerprint density at radius 2 is 1.89 bits per heavy atom. The Morgan fingerprint density at radius 1 is 1.18 bits per heavy atom. The second-order valence-corrected chi connectivity index (χ2v) is 7.49. The minimum Gasteiger partial charge on any atom is -0.370 e. The van der Waals surface area contributed by atoms with Crippen LogP contribution in [0.5, 0.6) is 0 Å². The van der Waals surface area contributed by atoms with E-state index >= 15 is 0 Å². The van der Waals surface area contributed by atoms with Crippen LogP contribution in [-0.2, 0) is 6.42 Å². The van der Waals surface area contributed by atoms with Crippen molar-refractivity contribution in [3.8, 4) is 11.4 Å². The van der Waals surface area contributed by atoms with Crippen molar-refractivity contribution in [3.63, 3.8) is 0 Å². The summed E-state index contributed by atoms with van der Waals surface area (Å²) in [6.45, 7) is 3.70. The van der Waals surface area contributed by atoms with Crippen molar-refractivity contribution in [3.05, 3.63) is 35.7 Å². The average molecular weight is 406 g/mol. The Labute approximate surface area is 173 Å². The van der Waals surface area contributed by atoms with E-state index in [2.05, 4.69) is 41.3 Å². The lowest BCUT2D eigenvalue weighted by Gasteiger charge is -2.14. The Morgan fingerprint density at radius 3 is 2.57 bits per heavy atom. The zero-order valence-corrected chi connectivity index (χ0v) is 17.5. The number of hydrogen-bond donors (Lipinski definition) is 2. The molecule has 3 N–H and O–H groups in total. The molecular formula is C21H32ClN5O. The SMILES string of the molecule is CCCCCCCCc1ccc(-c2noc(C3CCN(C(=N)N)C3)n2)cc1.Cl. The Hall–Kier alpha value is -2.08. The van der Waals surface area contributed by atoms with E-state index in [1.54, 1.807) is 0 Å². The monoisotopic (exact) mass is 405 g/mol. The molecule has 28 heavy (non-hydrogen) atoms. The van der Waals surface area contributed by atoms with Crippen LogP contribution in [0.2, 0.25) is 0 Å². The first-order chi connectivity index (χ1) is 13.2. The number of aryl methyl sites for hydroxylation is 1. The van der Waals surface area contributed by atoms with Gasteiger partial charge in [-0.25, -0.2) is 0 Å². The zero-order valence-electron chi connectivity index (χ0n) is 16.7. The van der Waals surface area contributed by atoms with E-state index in [0.29, 0.717) is 18.3 Å². The number of rotatable bonds is 9. The first kappa shape index (κ1) is 22.2. The van der Waals surface area contributed by atoms with Gasteiger partial charge >= 0.3 is 0 Å². The maximum absolute atomic E-state index is 7.53. The lowest BCUT2D eigenvalue weighted by molar-refractivity contribution is 0.354. The van der Waals surface area contributed by atoms with Crippen LogP contribution >= 0.6 is 12.4 Å². The van der Waals surface area contributed by atoms with Crippen molar-refractivity contribution >= 4 is 18.4 Å². The summed E-state index contributed by atoms with van der Waals surface area (Å²) in [5.74, 6) is 1.54. The summed E-state index contributed by atoms with van der Waals surface area (Å²) >= 11 is 0. The van der Waals surface area contributed by atoms with Crippen LogP contribution in [0.15, 0.2) is 28.8 Å². The lowest BCUT2D eigenvalue weighted by atomic mass is 10.0. The zero-order chi connectivity index (χ0) is 19.1. The van der Waals surface area contributed by atoms with Gasteiger partial charge in [-0.15, -0.1) is 12.4 Å². The van der Waals surface area contributed by atoms with Crippen molar-refractivity contribution in [1.82, 2.24) is 15.0 Å². The fraction of sp³-hybridized carbons (Fsp3) is 0.571. The number of nitrogens with zero attached hydrogens (tertiary/aromatic N) is 3. The number of unbranched alkanes of at least 4 members (excludes halogenated alkanes) is 5. The summed E-state index contributed by atoms with van der Waals surface area (Å²) < 4.78 is 5.47. The molecule has 154 valence electrons.